The number of rotatable bonds is 4. The largest absolute Gasteiger partial charge is 0.364 e. The molecule has 0 bridgehead atoms. The van der Waals surface area contributed by atoms with Crippen LogP contribution in [0.25, 0.3) is 5.65 Å². The average Bonchev–Trinajstić information content (AvgIpc) is 2.68. The van der Waals surface area contributed by atoms with Crippen molar-refractivity contribution in [1.82, 2.24) is 19.8 Å². The van der Waals surface area contributed by atoms with Crippen molar-refractivity contribution in [3.63, 3.8) is 0 Å². The highest BCUT2D eigenvalue weighted by Gasteiger charge is 2.20. The van der Waals surface area contributed by atoms with Crippen LogP contribution in [0.2, 0.25) is 0 Å². The number of aromatic amines is 1. The van der Waals surface area contributed by atoms with Crippen LogP contribution in [-0.4, -0.2) is 48.2 Å². The summed E-state index contributed by atoms with van der Waals surface area (Å²) in [6, 6.07) is 2.41. The van der Waals surface area contributed by atoms with Gasteiger partial charge in [0.05, 0.1) is 11.5 Å². The highest BCUT2D eigenvalue weighted by Crippen LogP contribution is 2.08. The lowest BCUT2D eigenvalue weighted by molar-refractivity contribution is 0.583. The van der Waals surface area contributed by atoms with Gasteiger partial charge in [0, 0.05) is 0 Å². The Balaban J connectivity index is 2.43. The Kier molecular flexibility index (Phi) is 3.15. The molecule has 104 valence electrons. The summed E-state index contributed by atoms with van der Waals surface area (Å²) in [6.45, 7) is 0. The van der Waals surface area contributed by atoms with Crippen LogP contribution in [0.15, 0.2) is 22.0 Å². The van der Waals surface area contributed by atoms with E-state index < -0.39 is 42.1 Å². The first-order chi connectivity index (χ1) is 8.69. The van der Waals surface area contributed by atoms with Gasteiger partial charge in [-0.1, -0.05) is 0 Å². The third-order valence-electron chi connectivity index (χ3n) is 2.20. The molecule has 0 unspecified atom stereocenters. The van der Waals surface area contributed by atoms with Crippen molar-refractivity contribution in [2.24, 2.45) is 5.14 Å². The highest BCUT2D eigenvalue weighted by molar-refractivity contribution is 7.94. The predicted octanol–water partition coefficient (Wildman–Crippen LogP) is -2.52. The quantitative estimate of drug-likeness (QED) is 0.630. The SMILES string of the molecule is NS(=O)(=O)CCS(=O)(=O)c1ccc2n[nH]c(=O)n2n1. The lowest BCUT2D eigenvalue weighted by Crippen LogP contribution is -2.24. The fourth-order valence-corrected chi connectivity index (χ4v) is 3.78. The van der Waals surface area contributed by atoms with Crippen LogP contribution in [0.1, 0.15) is 0 Å². The molecule has 0 spiro atoms. The molecule has 0 saturated heterocycles. The molecule has 0 aliphatic carbocycles. The molecule has 0 aromatic carbocycles. The lowest BCUT2D eigenvalue weighted by Gasteiger charge is -2.02. The Hall–Kier alpha value is -1.79. The zero-order chi connectivity index (χ0) is 14.3. The molecule has 2 aromatic rings. The first-order valence-electron chi connectivity index (χ1n) is 4.87. The van der Waals surface area contributed by atoms with Crippen LogP contribution < -0.4 is 10.8 Å². The summed E-state index contributed by atoms with van der Waals surface area (Å²) in [5, 5.41) is 13.6. The van der Waals surface area contributed by atoms with Gasteiger partial charge in [-0.2, -0.15) is 14.7 Å². The van der Waals surface area contributed by atoms with E-state index in [4.69, 9.17) is 5.14 Å². The molecule has 2 rings (SSSR count). The molecular weight excluding hydrogens is 298 g/mol. The molecule has 0 aliphatic heterocycles. The molecule has 10 nitrogen and oxygen atoms in total. The molecule has 0 saturated carbocycles. The van der Waals surface area contributed by atoms with Crippen molar-refractivity contribution in [2.75, 3.05) is 11.5 Å². The van der Waals surface area contributed by atoms with Crippen LogP contribution in [0.4, 0.5) is 0 Å². The number of hydrogen-bond acceptors (Lipinski definition) is 7. The van der Waals surface area contributed by atoms with E-state index in [0.717, 1.165) is 10.6 Å². The van der Waals surface area contributed by atoms with Crippen LogP contribution >= 0.6 is 0 Å². The number of aromatic nitrogens is 4. The summed E-state index contributed by atoms with van der Waals surface area (Å²) in [4.78, 5) is 11.2. The highest BCUT2D eigenvalue weighted by atomic mass is 32.2. The molecule has 0 aliphatic rings. The van der Waals surface area contributed by atoms with E-state index in [2.05, 4.69) is 15.3 Å². The second-order valence-corrected chi connectivity index (χ2v) is 7.45. The summed E-state index contributed by atoms with van der Waals surface area (Å²) >= 11 is 0. The number of fused-ring (bicyclic) bond motifs is 1. The van der Waals surface area contributed by atoms with E-state index in [1.165, 1.54) is 6.07 Å². The number of nitrogens with zero attached hydrogens (tertiary/aromatic N) is 3. The summed E-state index contributed by atoms with van der Waals surface area (Å²) in [7, 11) is -7.85. The Labute approximate surface area is 107 Å². The van der Waals surface area contributed by atoms with E-state index in [1.54, 1.807) is 0 Å². The van der Waals surface area contributed by atoms with Gasteiger partial charge in [-0.05, 0) is 12.1 Å². The summed E-state index contributed by atoms with van der Waals surface area (Å²) in [5.74, 6) is -1.44. The van der Waals surface area contributed by atoms with E-state index >= 15 is 0 Å². The van der Waals surface area contributed by atoms with Crippen molar-refractivity contribution >= 4 is 25.5 Å². The van der Waals surface area contributed by atoms with Crippen LogP contribution in [-0.2, 0) is 19.9 Å². The van der Waals surface area contributed by atoms with E-state index in [-0.39, 0.29) is 5.65 Å². The maximum absolute atomic E-state index is 11.8. The maximum Gasteiger partial charge on any atom is 0.364 e. The van der Waals surface area contributed by atoms with Gasteiger partial charge in [-0.15, -0.1) is 0 Å². The average molecular weight is 307 g/mol. The Morgan fingerprint density at radius 3 is 2.53 bits per heavy atom. The van der Waals surface area contributed by atoms with Gasteiger partial charge < -0.3 is 0 Å². The first kappa shape index (κ1) is 13.6. The smallest absolute Gasteiger partial charge is 0.244 e. The number of nitrogens with two attached hydrogens (primary N) is 1. The van der Waals surface area contributed by atoms with Gasteiger partial charge >= 0.3 is 5.69 Å². The minimum atomic E-state index is -3.95. The monoisotopic (exact) mass is 307 g/mol. The number of sulfonamides is 1. The number of hydrogen-bond donors (Lipinski definition) is 2. The third-order valence-corrected chi connectivity index (χ3v) is 4.83. The van der Waals surface area contributed by atoms with Crippen molar-refractivity contribution in [2.45, 2.75) is 5.03 Å². The predicted molar refractivity (Wildman–Crippen MR) is 63.6 cm³/mol. The van der Waals surface area contributed by atoms with Gasteiger partial charge in [0.15, 0.2) is 20.5 Å². The van der Waals surface area contributed by atoms with Gasteiger partial charge in [0.1, 0.15) is 0 Å². The third kappa shape index (κ3) is 2.97. The van der Waals surface area contributed by atoms with Crippen molar-refractivity contribution in [3.8, 4) is 0 Å². The second-order valence-electron chi connectivity index (χ2n) is 3.66. The molecule has 19 heavy (non-hydrogen) atoms. The van der Waals surface area contributed by atoms with Gasteiger partial charge in [-0.25, -0.2) is 31.9 Å². The Bertz CT molecular complexity index is 878. The second kappa shape index (κ2) is 4.40. The van der Waals surface area contributed by atoms with Crippen LogP contribution in [0.5, 0.6) is 0 Å². The Morgan fingerprint density at radius 2 is 1.89 bits per heavy atom. The van der Waals surface area contributed by atoms with E-state index in [0.29, 0.717) is 0 Å². The van der Waals surface area contributed by atoms with Crippen LogP contribution in [0, 0.1) is 0 Å². The molecule has 0 atom stereocenters. The van der Waals surface area contributed by atoms with Crippen LogP contribution in [0.3, 0.4) is 0 Å². The zero-order valence-electron chi connectivity index (χ0n) is 9.35. The number of primary sulfonamides is 1. The first-order valence-corrected chi connectivity index (χ1v) is 8.23. The maximum atomic E-state index is 11.8. The molecule has 0 fully saturated rings. The van der Waals surface area contributed by atoms with Gasteiger partial charge in [0.2, 0.25) is 10.0 Å². The molecule has 2 aromatic heterocycles. The number of nitrogens with one attached hydrogen (secondary N) is 1. The fourth-order valence-electron chi connectivity index (χ4n) is 1.28. The summed E-state index contributed by atoms with van der Waals surface area (Å²) < 4.78 is 45.9. The zero-order valence-corrected chi connectivity index (χ0v) is 11.0. The van der Waals surface area contributed by atoms with Gasteiger partial charge in [-0.3, -0.25) is 0 Å². The topological polar surface area (TPSA) is 157 Å². The van der Waals surface area contributed by atoms with Crippen molar-refractivity contribution in [3.05, 3.63) is 22.6 Å². The molecule has 2 heterocycles. The van der Waals surface area contributed by atoms with Gasteiger partial charge in [0.25, 0.3) is 0 Å². The minimum Gasteiger partial charge on any atom is -0.244 e. The number of H-pyrrole nitrogens is 1. The minimum absolute atomic E-state index is 0.149. The molecular formula is C7H9N5O5S2. The molecule has 12 heteroatoms. The van der Waals surface area contributed by atoms with E-state index in [1.807, 2.05) is 0 Å². The summed E-state index contributed by atoms with van der Waals surface area (Å²) in [5.41, 5.74) is -0.547. The fraction of sp³-hybridized carbons (Fsp3) is 0.286. The molecule has 0 radical (unpaired) electrons. The number of sulfone groups is 1. The van der Waals surface area contributed by atoms with E-state index in [9.17, 15) is 21.6 Å². The molecule has 3 N–H and O–H groups in total. The van der Waals surface area contributed by atoms with Crippen molar-refractivity contribution in [1.29, 1.82) is 0 Å². The van der Waals surface area contributed by atoms with Crippen molar-refractivity contribution < 1.29 is 16.8 Å². The summed E-state index contributed by atoms with van der Waals surface area (Å²) in [6.07, 6.45) is 0. The lowest BCUT2D eigenvalue weighted by atomic mass is 10.6. The normalized spacial score (nSPS) is 12.9. The standard InChI is InChI=1S/C7H9N5O5S2/c8-19(16,17)4-3-18(14,15)6-2-1-5-9-10-7(13)12(5)11-6/h1-2H,3-4H2,(H,10,13)(H2,8,16,17). The Morgan fingerprint density at radius 1 is 1.21 bits per heavy atom. The molecule has 0 amide bonds.